The van der Waals surface area contributed by atoms with Crippen LogP contribution in [-0.2, 0) is 10.0 Å². The topological polar surface area (TPSA) is 75.2 Å². The zero-order valence-corrected chi connectivity index (χ0v) is 17.3. The molecule has 1 fully saturated rings. The zero-order valence-electron chi connectivity index (χ0n) is 15.6. The summed E-state index contributed by atoms with van der Waals surface area (Å²) in [5.74, 6) is 0.487. The first-order valence-corrected chi connectivity index (χ1v) is 11.6. The van der Waals surface area contributed by atoms with Gasteiger partial charge in [0.15, 0.2) is 0 Å². The van der Waals surface area contributed by atoms with Gasteiger partial charge < -0.3 is 5.32 Å². The molecular formula is C20H22N4O2S2. The molecule has 1 N–H and O–H groups in total. The molecule has 1 saturated heterocycles. The number of aromatic nitrogens is 2. The van der Waals surface area contributed by atoms with Crippen molar-refractivity contribution < 1.29 is 8.42 Å². The maximum Gasteiger partial charge on any atom is 0.252 e. The molecule has 0 saturated carbocycles. The Morgan fingerprint density at radius 3 is 2.61 bits per heavy atom. The van der Waals surface area contributed by atoms with E-state index < -0.39 is 10.0 Å². The van der Waals surface area contributed by atoms with E-state index in [1.165, 1.54) is 11.3 Å². The summed E-state index contributed by atoms with van der Waals surface area (Å²) in [7, 11) is -3.42. The van der Waals surface area contributed by atoms with E-state index in [1.54, 1.807) is 22.6 Å². The van der Waals surface area contributed by atoms with Gasteiger partial charge in [-0.05, 0) is 49.6 Å². The van der Waals surface area contributed by atoms with E-state index >= 15 is 0 Å². The highest BCUT2D eigenvalue weighted by molar-refractivity contribution is 7.91. The minimum absolute atomic E-state index is 0.372. The van der Waals surface area contributed by atoms with Gasteiger partial charge in [0.25, 0.3) is 10.0 Å². The smallest absolute Gasteiger partial charge is 0.252 e. The van der Waals surface area contributed by atoms with Crippen molar-refractivity contribution in [2.24, 2.45) is 0 Å². The van der Waals surface area contributed by atoms with Crippen molar-refractivity contribution >= 4 is 33.0 Å². The number of nitrogens with zero attached hydrogens (tertiary/aromatic N) is 3. The Morgan fingerprint density at radius 2 is 1.82 bits per heavy atom. The monoisotopic (exact) mass is 414 g/mol. The van der Waals surface area contributed by atoms with Crippen molar-refractivity contribution in [3.05, 3.63) is 54.2 Å². The summed E-state index contributed by atoms with van der Waals surface area (Å²) < 4.78 is 27.7. The lowest BCUT2D eigenvalue weighted by Gasteiger charge is -2.25. The van der Waals surface area contributed by atoms with Crippen LogP contribution in [0.15, 0.2) is 52.9 Å². The highest BCUT2D eigenvalue weighted by Gasteiger charge is 2.27. The molecule has 1 aromatic carbocycles. The number of benzene rings is 1. The van der Waals surface area contributed by atoms with Crippen molar-refractivity contribution in [3.63, 3.8) is 0 Å². The predicted molar refractivity (Wildman–Crippen MR) is 112 cm³/mol. The van der Waals surface area contributed by atoms with Crippen molar-refractivity contribution in [1.29, 1.82) is 0 Å². The molecule has 3 aromatic rings. The first-order chi connectivity index (χ1) is 13.5. The number of thiophene rings is 1. The summed E-state index contributed by atoms with van der Waals surface area (Å²) in [6.07, 6.45) is 4.63. The van der Waals surface area contributed by atoms with E-state index in [1.807, 2.05) is 37.3 Å². The molecule has 0 unspecified atom stereocenters. The SMILES string of the molecule is Cc1ccccc1Nc1nccc(-c2ccc(S(=O)(=O)N3CCCCC3)s2)n1. The van der Waals surface area contributed by atoms with Gasteiger partial charge in [-0.1, -0.05) is 24.6 Å². The molecule has 1 aliphatic heterocycles. The molecule has 0 spiro atoms. The van der Waals surface area contributed by atoms with E-state index in [9.17, 15) is 8.42 Å². The summed E-state index contributed by atoms with van der Waals surface area (Å²) in [5, 5.41) is 3.23. The second-order valence-electron chi connectivity index (χ2n) is 6.79. The molecule has 0 radical (unpaired) electrons. The Hall–Kier alpha value is -2.29. The zero-order chi connectivity index (χ0) is 19.6. The number of aryl methyl sites for hydroxylation is 1. The lowest BCUT2D eigenvalue weighted by atomic mass is 10.2. The Kier molecular flexibility index (Phi) is 5.43. The van der Waals surface area contributed by atoms with Gasteiger partial charge in [0.05, 0.1) is 10.6 Å². The number of nitrogens with one attached hydrogen (secondary N) is 1. The van der Waals surface area contributed by atoms with E-state index in [0.717, 1.165) is 35.4 Å². The van der Waals surface area contributed by atoms with Crippen LogP contribution in [0.3, 0.4) is 0 Å². The third-order valence-electron chi connectivity index (χ3n) is 4.79. The second kappa shape index (κ2) is 7.98. The third kappa shape index (κ3) is 3.94. The van der Waals surface area contributed by atoms with Crippen molar-refractivity contribution in [2.45, 2.75) is 30.4 Å². The molecule has 8 heteroatoms. The van der Waals surface area contributed by atoms with Gasteiger partial charge in [-0.15, -0.1) is 11.3 Å². The van der Waals surface area contributed by atoms with Crippen LogP contribution in [0.4, 0.5) is 11.6 Å². The van der Waals surface area contributed by atoms with Crippen LogP contribution in [0.25, 0.3) is 10.6 Å². The molecule has 6 nitrogen and oxygen atoms in total. The predicted octanol–water partition coefficient (Wildman–Crippen LogP) is 4.43. The van der Waals surface area contributed by atoms with Gasteiger partial charge in [-0.25, -0.2) is 18.4 Å². The molecule has 146 valence electrons. The summed E-state index contributed by atoms with van der Waals surface area (Å²) in [4.78, 5) is 9.66. The van der Waals surface area contributed by atoms with Gasteiger partial charge in [0, 0.05) is 25.0 Å². The number of hydrogen-bond donors (Lipinski definition) is 1. The number of anilines is 2. The van der Waals surface area contributed by atoms with Crippen LogP contribution >= 0.6 is 11.3 Å². The lowest BCUT2D eigenvalue weighted by Crippen LogP contribution is -2.35. The van der Waals surface area contributed by atoms with Gasteiger partial charge >= 0.3 is 0 Å². The van der Waals surface area contributed by atoms with E-state index in [-0.39, 0.29) is 0 Å². The Morgan fingerprint density at radius 1 is 1.04 bits per heavy atom. The van der Waals surface area contributed by atoms with Crippen LogP contribution in [-0.4, -0.2) is 35.8 Å². The molecule has 0 amide bonds. The summed E-state index contributed by atoms with van der Waals surface area (Å²) in [6.45, 7) is 3.23. The van der Waals surface area contributed by atoms with Crippen molar-refractivity contribution in [2.75, 3.05) is 18.4 Å². The highest BCUT2D eigenvalue weighted by atomic mass is 32.2. The largest absolute Gasteiger partial charge is 0.324 e. The summed E-state index contributed by atoms with van der Waals surface area (Å²) >= 11 is 1.26. The first-order valence-electron chi connectivity index (χ1n) is 9.30. The Bertz CT molecular complexity index is 1070. The maximum atomic E-state index is 12.9. The van der Waals surface area contributed by atoms with Gasteiger partial charge in [0.2, 0.25) is 5.95 Å². The van der Waals surface area contributed by atoms with Crippen LogP contribution in [0.1, 0.15) is 24.8 Å². The molecule has 28 heavy (non-hydrogen) atoms. The highest BCUT2D eigenvalue weighted by Crippen LogP contribution is 2.32. The van der Waals surface area contributed by atoms with Gasteiger partial charge in [-0.2, -0.15) is 4.31 Å². The number of para-hydroxylation sites is 1. The van der Waals surface area contributed by atoms with Gasteiger partial charge in [-0.3, -0.25) is 0 Å². The average Bonchev–Trinajstić information content (AvgIpc) is 3.22. The molecule has 4 rings (SSSR count). The maximum absolute atomic E-state index is 12.9. The second-order valence-corrected chi connectivity index (χ2v) is 10.0. The van der Waals surface area contributed by atoms with Crippen LogP contribution in [0, 0.1) is 6.92 Å². The summed E-state index contributed by atoms with van der Waals surface area (Å²) in [5.41, 5.74) is 2.75. The fourth-order valence-corrected chi connectivity index (χ4v) is 6.17. The minimum atomic E-state index is -3.42. The molecule has 0 aliphatic carbocycles. The summed E-state index contributed by atoms with van der Waals surface area (Å²) in [6, 6.07) is 13.2. The fourth-order valence-electron chi connectivity index (χ4n) is 3.22. The molecular weight excluding hydrogens is 392 g/mol. The lowest BCUT2D eigenvalue weighted by molar-refractivity contribution is 0.347. The molecule has 0 bridgehead atoms. The Labute approximate surface area is 169 Å². The van der Waals surface area contributed by atoms with Gasteiger partial charge in [0.1, 0.15) is 4.21 Å². The number of sulfonamides is 1. The fraction of sp³-hybridized carbons (Fsp3) is 0.300. The third-order valence-corrected chi connectivity index (χ3v) is 8.26. The molecule has 3 heterocycles. The van der Waals surface area contributed by atoms with E-state index in [2.05, 4.69) is 15.3 Å². The molecule has 0 atom stereocenters. The van der Waals surface area contributed by atoms with Crippen molar-refractivity contribution in [3.8, 4) is 10.6 Å². The normalized spacial score (nSPS) is 15.5. The van der Waals surface area contributed by atoms with E-state index in [4.69, 9.17) is 0 Å². The minimum Gasteiger partial charge on any atom is -0.324 e. The molecule has 2 aromatic heterocycles. The first kappa shape index (κ1) is 19.0. The number of rotatable bonds is 5. The number of hydrogen-bond acceptors (Lipinski definition) is 6. The van der Waals surface area contributed by atoms with Crippen LogP contribution < -0.4 is 5.32 Å². The number of piperidine rings is 1. The van der Waals surface area contributed by atoms with Crippen LogP contribution in [0.2, 0.25) is 0 Å². The van der Waals surface area contributed by atoms with Crippen molar-refractivity contribution in [1.82, 2.24) is 14.3 Å². The Balaban J connectivity index is 1.58. The quantitative estimate of drug-likeness (QED) is 0.668. The molecule has 1 aliphatic rings. The standard InChI is InChI=1S/C20H22N4O2S2/c1-15-7-3-4-8-16(15)22-20-21-12-11-17(23-20)18-9-10-19(27-18)28(25,26)24-13-5-2-6-14-24/h3-4,7-12H,2,5-6,13-14H2,1H3,(H,21,22,23). The van der Waals surface area contributed by atoms with E-state index in [0.29, 0.717) is 28.9 Å². The van der Waals surface area contributed by atoms with Crippen LogP contribution in [0.5, 0.6) is 0 Å². The average molecular weight is 415 g/mol.